The molecule has 0 N–H and O–H groups in total. The number of benzene rings is 1. The summed E-state index contributed by atoms with van der Waals surface area (Å²) in [6.07, 6.45) is 0.986. The van der Waals surface area contributed by atoms with Crippen molar-refractivity contribution in [3.63, 3.8) is 0 Å². The highest BCUT2D eigenvalue weighted by Crippen LogP contribution is 2.56. The molecular formula is C19H20N2O4. The maximum Gasteiger partial charge on any atom is 0.264 e. The predicted octanol–water partition coefficient (Wildman–Crippen LogP) is 1.67. The van der Waals surface area contributed by atoms with Gasteiger partial charge >= 0.3 is 0 Å². The number of rotatable bonds is 2. The Bertz CT molecular complexity index is 819. The fourth-order valence-electron chi connectivity index (χ4n) is 5.36. The van der Waals surface area contributed by atoms with E-state index < -0.39 is 5.41 Å². The Kier molecular flexibility index (Phi) is 3.04. The number of nitrogens with zero attached hydrogens (tertiary/aromatic N) is 2. The molecule has 0 aromatic heterocycles. The number of ketones is 1. The second-order valence-electron chi connectivity index (χ2n) is 7.44. The molecule has 5 atom stereocenters. The zero-order chi connectivity index (χ0) is 17.3. The van der Waals surface area contributed by atoms with Gasteiger partial charge in [-0.1, -0.05) is 18.2 Å². The molecule has 0 radical (unpaired) electrons. The second kappa shape index (κ2) is 4.99. The van der Waals surface area contributed by atoms with Crippen LogP contribution in [0.5, 0.6) is 0 Å². The number of amides is 1. The standard InChI is InChI=1S/C19H20N2O4/c1-10(22)17-11-7-16-19(8-14(20-17)12(11)9-25-16)13-5-3-4-6-15(13)21(24-2)18(19)23/h3-6,11-12,14,16H,7-9H2,1-2H3/t11-,12+,14-,16+,19+/m0/s1. The third-order valence-corrected chi connectivity index (χ3v) is 6.42. The summed E-state index contributed by atoms with van der Waals surface area (Å²) in [5.41, 5.74) is 1.67. The summed E-state index contributed by atoms with van der Waals surface area (Å²) in [6.45, 7) is 2.15. The van der Waals surface area contributed by atoms with Gasteiger partial charge in [-0.25, -0.2) is 0 Å². The topological polar surface area (TPSA) is 68.2 Å². The maximum atomic E-state index is 13.4. The van der Waals surface area contributed by atoms with Crippen molar-refractivity contribution >= 4 is 23.1 Å². The Morgan fingerprint density at radius 2 is 2.20 bits per heavy atom. The van der Waals surface area contributed by atoms with Crippen molar-refractivity contribution in [2.45, 2.75) is 37.3 Å². The molecule has 6 nitrogen and oxygen atoms in total. The number of aliphatic imine (C=N–C) groups is 1. The number of carbonyl (C=O) groups excluding carboxylic acids is 2. The number of hydrogen-bond donors (Lipinski definition) is 0. The van der Waals surface area contributed by atoms with Gasteiger partial charge in [0.1, 0.15) is 5.41 Å². The second-order valence-corrected chi connectivity index (χ2v) is 7.44. The quantitative estimate of drug-likeness (QED) is 0.821. The summed E-state index contributed by atoms with van der Waals surface area (Å²) < 4.78 is 6.18. The van der Waals surface area contributed by atoms with Crippen LogP contribution in [0.1, 0.15) is 25.3 Å². The Hall–Kier alpha value is -2.05. The number of anilines is 1. The van der Waals surface area contributed by atoms with Gasteiger partial charge in [0.25, 0.3) is 5.91 Å². The first-order chi connectivity index (χ1) is 12.1. The lowest BCUT2D eigenvalue weighted by molar-refractivity contribution is -0.137. The van der Waals surface area contributed by atoms with Crippen LogP contribution in [0.15, 0.2) is 29.3 Å². The van der Waals surface area contributed by atoms with Crippen LogP contribution in [0.2, 0.25) is 0 Å². The van der Waals surface area contributed by atoms with Crippen LogP contribution < -0.4 is 5.06 Å². The molecule has 3 fully saturated rings. The van der Waals surface area contributed by atoms with Crippen molar-refractivity contribution in [1.29, 1.82) is 0 Å². The van der Waals surface area contributed by atoms with Crippen molar-refractivity contribution in [2.75, 3.05) is 18.8 Å². The molecule has 5 aliphatic rings. The van der Waals surface area contributed by atoms with Gasteiger partial charge in [-0.05, 0) is 24.5 Å². The van der Waals surface area contributed by atoms with Crippen LogP contribution in [0.25, 0.3) is 0 Å². The van der Waals surface area contributed by atoms with Gasteiger partial charge in [0.15, 0.2) is 5.78 Å². The van der Waals surface area contributed by atoms with Gasteiger partial charge in [0.2, 0.25) is 0 Å². The van der Waals surface area contributed by atoms with E-state index in [2.05, 4.69) is 0 Å². The molecule has 1 aromatic carbocycles. The van der Waals surface area contributed by atoms with E-state index in [-0.39, 0.29) is 35.7 Å². The first kappa shape index (κ1) is 15.2. The molecule has 4 aliphatic heterocycles. The minimum atomic E-state index is -0.771. The lowest BCUT2D eigenvalue weighted by Crippen LogP contribution is -2.51. The van der Waals surface area contributed by atoms with E-state index in [9.17, 15) is 9.59 Å². The average molecular weight is 340 g/mol. The van der Waals surface area contributed by atoms with Crippen molar-refractivity contribution in [3.05, 3.63) is 29.8 Å². The highest BCUT2D eigenvalue weighted by Gasteiger charge is 2.64. The third kappa shape index (κ3) is 1.74. The summed E-state index contributed by atoms with van der Waals surface area (Å²) in [5, 5.41) is 1.39. The van der Waals surface area contributed by atoms with E-state index in [0.717, 1.165) is 11.3 Å². The van der Waals surface area contributed by atoms with Gasteiger partial charge in [0.05, 0.1) is 37.3 Å². The number of Topliss-reactive ketones (excluding diaryl/α,β-unsaturated/α-hetero) is 1. The predicted molar refractivity (Wildman–Crippen MR) is 90.5 cm³/mol. The molecule has 2 saturated heterocycles. The first-order valence-corrected chi connectivity index (χ1v) is 8.76. The molecule has 0 unspecified atom stereocenters. The zero-order valence-electron chi connectivity index (χ0n) is 14.3. The number of para-hydroxylation sites is 1. The lowest BCUT2D eigenvalue weighted by Gasteiger charge is -2.38. The van der Waals surface area contributed by atoms with E-state index in [1.807, 2.05) is 24.3 Å². The van der Waals surface area contributed by atoms with Crippen LogP contribution in [-0.4, -0.2) is 43.3 Å². The number of hydroxylamine groups is 1. The van der Waals surface area contributed by atoms with E-state index in [1.165, 1.54) is 12.2 Å². The van der Waals surface area contributed by atoms with E-state index in [0.29, 0.717) is 25.2 Å². The van der Waals surface area contributed by atoms with Gasteiger partial charge in [-0.15, -0.1) is 0 Å². The summed E-state index contributed by atoms with van der Waals surface area (Å²) in [5.74, 6) is 0.281. The fourth-order valence-corrected chi connectivity index (χ4v) is 5.36. The van der Waals surface area contributed by atoms with Crippen molar-refractivity contribution in [3.8, 4) is 0 Å². The number of ether oxygens (including phenoxy) is 1. The van der Waals surface area contributed by atoms with Crippen LogP contribution in [-0.2, 0) is 24.6 Å². The average Bonchev–Trinajstić information content (AvgIpc) is 2.97. The van der Waals surface area contributed by atoms with Gasteiger partial charge in [-0.2, -0.15) is 5.06 Å². The molecule has 1 aliphatic carbocycles. The smallest absolute Gasteiger partial charge is 0.264 e. The Morgan fingerprint density at radius 3 is 2.96 bits per heavy atom. The Balaban J connectivity index is 1.69. The highest BCUT2D eigenvalue weighted by molar-refractivity contribution is 6.40. The van der Waals surface area contributed by atoms with Crippen molar-refractivity contribution in [2.24, 2.45) is 16.8 Å². The molecule has 1 aromatic rings. The van der Waals surface area contributed by atoms with Crippen molar-refractivity contribution < 1.29 is 19.2 Å². The van der Waals surface area contributed by atoms with Crippen molar-refractivity contribution in [1.82, 2.24) is 0 Å². The molecule has 6 heteroatoms. The number of fused-ring (bicyclic) bond motifs is 2. The minimum absolute atomic E-state index is 0.0470. The van der Waals surface area contributed by atoms with Crippen LogP contribution in [0, 0.1) is 11.8 Å². The maximum absolute atomic E-state index is 13.4. The molecular weight excluding hydrogens is 320 g/mol. The normalized spacial score (nSPS) is 38.1. The molecule has 4 heterocycles. The molecule has 4 bridgehead atoms. The molecule has 1 amide bonds. The van der Waals surface area contributed by atoms with Gasteiger partial charge < -0.3 is 4.74 Å². The summed E-state index contributed by atoms with van der Waals surface area (Å²) in [7, 11) is 1.51. The summed E-state index contributed by atoms with van der Waals surface area (Å²) in [4.78, 5) is 35.5. The molecule has 1 saturated carbocycles. The number of hydrogen-bond acceptors (Lipinski definition) is 5. The largest absolute Gasteiger partial charge is 0.376 e. The molecule has 1 spiro atoms. The van der Waals surface area contributed by atoms with E-state index in [4.69, 9.17) is 14.6 Å². The fraction of sp³-hybridized carbons (Fsp3) is 0.526. The molecule has 130 valence electrons. The Labute approximate surface area is 145 Å². The molecule has 6 rings (SSSR count). The summed E-state index contributed by atoms with van der Waals surface area (Å²) in [6, 6.07) is 7.71. The lowest BCUT2D eigenvalue weighted by atomic mass is 9.71. The zero-order valence-corrected chi connectivity index (χ0v) is 14.3. The Morgan fingerprint density at radius 1 is 1.40 bits per heavy atom. The van der Waals surface area contributed by atoms with E-state index >= 15 is 0 Å². The van der Waals surface area contributed by atoms with E-state index in [1.54, 1.807) is 6.92 Å². The van der Waals surface area contributed by atoms with Crippen LogP contribution in [0.4, 0.5) is 5.69 Å². The highest BCUT2D eigenvalue weighted by atomic mass is 16.7. The van der Waals surface area contributed by atoms with Crippen LogP contribution >= 0.6 is 0 Å². The third-order valence-electron chi connectivity index (χ3n) is 6.42. The minimum Gasteiger partial charge on any atom is -0.376 e. The van der Waals surface area contributed by atoms with Gasteiger partial charge in [-0.3, -0.25) is 19.4 Å². The summed E-state index contributed by atoms with van der Waals surface area (Å²) >= 11 is 0. The molecule has 25 heavy (non-hydrogen) atoms. The number of carbonyl (C=O) groups is 2. The SMILES string of the molecule is CON1C(=O)[C@]2(C[C@@H]3N=C(C(C)=O)[C@H]4C[C@H]2OC[C@@H]34)c2ccccc21. The van der Waals surface area contributed by atoms with Crippen LogP contribution in [0.3, 0.4) is 0 Å². The monoisotopic (exact) mass is 340 g/mol. The first-order valence-electron chi connectivity index (χ1n) is 8.76. The van der Waals surface area contributed by atoms with Gasteiger partial charge in [0, 0.05) is 18.8 Å².